The molecule has 0 bridgehead atoms. The first kappa shape index (κ1) is 24.3. The average molecular weight is 509 g/mol. The van der Waals surface area contributed by atoms with E-state index in [2.05, 4.69) is 5.32 Å². The number of hydrogen-bond acceptors (Lipinski definition) is 6. The number of amides is 2. The second-order valence-electron chi connectivity index (χ2n) is 7.48. The molecule has 0 atom stereocenters. The first-order chi connectivity index (χ1) is 16.9. The van der Waals surface area contributed by atoms with Crippen LogP contribution in [-0.4, -0.2) is 31.1 Å². The fourth-order valence-electron chi connectivity index (χ4n) is 3.42. The lowest BCUT2D eigenvalue weighted by Crippen LogP contribution is -2.54. The lowest BCUT2D eigenvalue weighted by Gasteiger charge is -2.29. The van der Waals surface area contributed by atoms with E-state index in [1.54, 1.807) is 61.7 Å². The summed E-state index contributed by atoms with van der Waals surface area (Å²) in [5.74, 6) is 0.497. The Morgan fingerprint density at radius 1 is 0.943 bits per heavy atom. The highest BCUT2D eigenvalue weighted by Gasteiger charge is 2.34. The molecular formula is C26H21ClN2O5S. The smallest absolute Gasteiger partial charge is 0.270 e. The topological polar surface area (TPSA) is 77.1 Å². The van der Waals surface area contributed by atoms with Crippen LogP contribution in [-0.2, 0) is 16.2 Å². The summed E-state index contributed by atoms with van der Waals surface area (Å²) < 4.78 is 16.5. The van der Waals surface area contributed by atoms with Crippen LogP contribution in [0.15, 0.2) is 72.3 Å². The molecule has 0 aromatic heterocycles. The van der Waals surface area contributed by atoms with Gasteiger partial charge in [-0.15, -0.1) is 0 Å². The van der Waals surface area contributed by atoms with Crippen molar-refractivity contribution in [2.75, 3.05) is 19.1 Å². The van der Waals surface area contributed by atoms with Gasteiger partial charge in [0, 0.05) is 5.02 Å². The molecule has 0 spiro atoms. The van der Waals surface area contributed by atoms with Gasteiger partial charge < -0.3 is 14.2 Å². The molecule has 9 heteroatoms. The zero-order valence-corrected chi connectivity index (χ0v) is 20.5. The van der Waals surface area contributed by atoms with Crippen LogP contribution in [0.2, 0.25) is 5.02 Å². The average Bonchev–Trinajstić information content (AvgIpc) is 2.86. The van der Waals surface area contributed by atoms with Crippen molar-refractivity contribution in [3.05, 3.63) is 88.5 Å². The number of carbonyl (C=O) groups is 2. The van der Waals surface area contributed by atoms with Crippen molar-refractivity contribution in [2.45, 2.75) is 6.61 Å². The van der Waals surface area contributed by atoms with Crippen molar-refractivity contribution in [1.29, 1.82) is 0 Å². The van der Waals surface area contributed by atoms with Crippen LogP contribution in [0.25, 0.3) is 6.08 Å². The first-order valence-electron chi connectivity index (χ1n) is 10.5. The predicted octanol–water partition coefficient (Wildman–Crippen LogP) is 4.77. The summed E-state index contributed by atoms with van der Waals surface area (Å²) >= 11 is 11.2. The maximum atomic E-state index is 13.2. The Morgan fingerprint density at radius 3 is 2.31 bits per heavy atom. The number of benzene rings is 3. The monoisotopic (exact) mass is 508 g/mol. The summed E-state index contributed by atoms with van der Waals surface area (Å²) in [7, 11) is 3.07. The third-order valence-electron chi connectivity index (χ3n) is 5.24. The van der Waals surface area contributed by atoms with Gasteiger partial charge in [0.25, 0.3) is 11.8 Å². The number of nitrogens with zero attached hydrogens (tertiary/aromatic N) is 1. The van der Waals surface area contributed by atoms with Gasteiger partial charge in [0.1, 0.15) is 17.9 Å². The second kappa shape index (κ2) is 10.6. The molecule has 0 radical (unpaired) electrons. The van der Waals surface area contributed by atoms with Crippen molar-refractivity contribution in [3.63, 3.8) is 0 Å². The molecule has 1 heterocycles. The van der Waals surface area contributed by atoms with Gasteiger partial charge in [0.15, 0.2) is 16.6 Å². The van der Waals surface area contributed by atoms with Crippen LogP contribution in [0.5, 0.6) is 17.2 Å². The maximum absolute atomic E-state index is 13.2. The molecule has 1 fully saturated rings. The molecule has 1 aliphatic heterocycles. The van der Waals surface area contributed by atoms with Gasteiger partial charge in [-0.3, -0.25) is 19.8 Å². The Kier molecular flexibility index (Phi) is 7.33. The fourth-order valence-corrected chi connectivity index (χ4v) is 3.83. The van der Waals surface area contributed by atoms with Crippen molar-refractivity contribution in [2.24, 2.45) is 0 Å². The lowest BCUT2D eigenvalue weighted by atomic mass is 10.1. The van der Waals surface area contributed by atoms with Crippen LogP contribution in [0, 0.1) is 0 Å². The molecular weight excluding hydrogens is 488 g/mol. The highest BCUT2D eigenvalue weighted by Crippen LogP contribution is 2.31. The number of anilines is 1. The molecule has 1 saturated heterocycles. The molecule has 35 heavy (non-hydrogen) atoms. The van der Waals surface area contributed by atoms with Gasteiger partial charge >= 0.3 is 0 Å². The Balaban J connectivity index is 1.57. The SMILES string of the molecule is COc1ccc(N2C(=O)C(=Cc3ccc(OCc4ccc(Cl)cc4)c(OC)c3)C(=O)NC2=S)cc1. The summed E-state index contributed by atoms with van der Waals surface area (Å²) in [6, 6.07) is 19.3. The Labute approximate surface area is 212 Å². The van der Waals surface area contributed by atoms with E-state index in [-0.39, 0.29) is 10.7 Å². The number of ether oxygens (including phenoxy) is 3. The van der Waals surface area contributed by atoms with E-state index < -0.39 is 11.8 Å². The van der Waals surface area contributed by atoms with Gasteiger partial charge in [-0.05, 0) is 78.0 Å². The summed E-state index contributed by atoms with van der Waals surface area (Å²) in [5, 5.41) is 3.23. The van der Waals surface area contributed by atoms with Crippen molar-refractivity contribution < 1.29 is 23.8 Å². The number of carbonyl (C=O) groups excluding carboxylic acids is 2. The van der Waals surface area contributed by atoms with Crippen LogP contribution < -0.4 is 24.4 Å². The normalized spacial score (nSPS) is 14.7. The van der Waals surface area contributed by atoms with Gasteiger partial charge in [0.05, 0.1) is 19.9 Å². The van der Waals surface area contributed by atoms with E-state index in [1.165, 1.54) is 18.1 Å². The Hall–Kier alpha value is -3.88. The van der Waals surface area contributed by atoms with Crippen LogP contribution in [0.3, 0.4) is 0 Å². The molecule has 4 rings (SSSR count). The number of thiocarbonyl (C=S) groups is 1. The molecule has 3 aromatic carbocycles. The summed E-state index contributed by atoms with van der Waals surface area (Å²) in [4.78, 5) is 27.1. The van der Waals surface area contributed by atoms with Crippen LogP contribution in [0.1, 0.15) is 11.1 Å². The summed E-state index contributed by atoms with van der Waals surface area (Å²) in [6.45, 7) is 0.323. The standard InChI is InChI=1S/C26H21ClN2O5S/c1-32-20-10-8-19(9-11-20)29-25(31)21(24(30)28-26(29)35)13-17-5-12-22(23(14-17)33-2)34-15-16-3-6-18(27)7-4-16/h3-14H,15H2,1-2H3,(H,28,30,35). The van der Waals surface area contributed by atoms with Crippen LogP contribution in [0.4, 0.5) is 5.69 Å². The predicted molar refractivity (Wildman–Crippen MR) is 138 cm³/mol. The van der Waals surface area contributed by atoms with E-state index in [0.29, 0.717) is 40.1 Å². The Bertz CT molecular complexity index is 1310. The number of halogens is 1. The summed E-state index contributed by atoms with van der Waals surface area (Å²) in [6.07, 6.45) is 1.49. The largest absolute Gasteiger partial charge is 0.497 e. The third kappa shape index (κ3) is 5.45. The minimum absolute atomic E-state index is 0.00541. The molecule has 1 aliphatic rings. The lowest BCUT2D eigenvalue weighted by molar-refractivity contribution is -0.122. The molecule has 0 unspecified atom stereocenters. The summed E-state index contributed by atoms with van der Waals surface area (Å²) in [5.41, 5.74) is 1.98. The quantitative estimate of drug-likeness (QED) is 0.281. The van der Waals surface area contributed by atoms with Crippen molar-refractivity contribution >= 4 is 52.5 Å². The fraction of sp³-hybridized carbons (Fsp3) is 0.115. The van der Waals surface area contributed by atoms with E-state index >= 15 is 0 Å². The number of methoxy groups -OCH3 is 2. The first-order valence-corrected chi connectivity index (χ1v) is 11.3. The molecule has 0 saturated carbocycles. The third-order valence-corrected chi connectivity index (χ3v) is 5.78. The second-order valence-corrected chi connectivity index (χ2v) is 8.30. The number of rotatable bonds is 7. The zero-order valence-electron chi connectivity index (χ0n) is 18.9. The van der Waals surface area contributed by atoms with Gasteiger partial charge in [-0.2, -0.15) is 0 Å². The minimum atomic E-state index is -0.577. The molecule has 3 aromatic rings. The number of hydrogen-bond donors (Lipinski definition) is 1. The van der Waals surface area contributed by atoms with Crippen LogP contribution >= 0.6 is 23.8 Å². The Morgan fingerprint density at radius 2 is 1.66 bits per heavy atom. The van der Waals surface area contributed by atoms with E-state index in [1.807, 2.05) is 12.1 Å². The van der Waals surface area contributed by atoms with Crippen molar-refractivity contribution in [3.8, 4) is 17.2 Å². The maximum Gasteiger partial charge on any atom is 0.270 e. The molecule has 7 nitrogen and oxygen atoms in total. The van der Waals surface area contributed by atoms with Gasteiger partial charge in [0.2, 0.25) is 0 Å². The van der Waals surface area contributed by atoms with Gasteiger partial charge in [-0.1, -0.05) is 29.8 Å². The molecule has 2 amide bonds. The molecule has 0 aliphatic carbocycles. The minimum Gasteiger partial charge on any atom is -0.497 e. The van der Waals surface area contributed by atoms with Crippen molar-refractivity contribution in [1.82, 2.24) is 5.32 Å². The van der Waals surface area contributed by atoms with E-state index in [9.17, 15) is 9.59 Å². The molecule has 1 N–H and O–H groups in total. The molecule has 178 valence electrons. The zero-order chi connectivity index (χ0) is 24.9. The van der Waals surface area contributed by atoms with Gasteiger partial charge in [-0.25, -0.2) is 0 Å². The highest BCUT2D eigenvalue weighted by atomic mass is 35.5. The number of nitrogens with one attached hydrogen (secondary N) is 1. The van der Waals surface area contributed by atoms with E-state index in [4.69, 9.17) is 38.0 Å². The highest BCUT2D eigenvalue weighted by molar-refractivity contribution is 7.80. The van der Waals surface area contributed by atoms with E-state index in [0.717, 1.165) is 5.56 Å².